The van der Waals surface area contributed by atoms with Gasteiger partial charge in [-0.25, -0.2) is 9.37 Å². The summed E-state index contributed by atoms with van der Waals surface area (Å²) in [6.45, 7) is 1.66. The maximum Gasteiger partial charge on any atom is 0.126 e. The summed E-state index contributed by atoms with van der Waals surface area (Å²) in [4.78, 5) is 4.25. The highest BCUT2D eigenvalue weighted by Crippen LogP contribution is 2.31. The van der Waals surface area contributed by atoms with E-state index in [0.29, 0.717) is 26.9 Å². The molecule has 0 N–H and O–H groups in total. The highest BCUT2D eigenvalue weighted by molar-refractivity contribution is 7.10. The Labute approximate surface area is 107 Å². The second-order valence-electron chi connectivity index (χ2n) is 3.54. The van der Waals surface area contributed by atoms with Crippen LogP contribution in [0.1, 0.15) is 10.6 Å². The van der Waals surface area contributed by atoms with Crippen molar-refractivity contribution in [1.29, 1.82) is 5.26 Å². The zero-order chi connectivity index (χ0) is 12.4. The molecule has 0 fully saturated rings. The lowest BCUT2D eigenvalue weighted by atomic mass is 10.1. The zero-order valence-corrected chi connectivity index (χ0v) is 10.6. The molecule has 1 heterocycles. The largest absolute Gasteiger partial charge is 0.240 e. The van der Waals surface area contributed by atoms with Gasteiger partial charge in [0.05, 0.1) is 23.2 Å². The standard InChI is InChI=1S/C12H8ClFN2S/c1-7-4-9(13)8(5-10(7)14)11-6-17-12(16-11)2-3-15/h4-6H,2H2,1H3. The molecule has 0 radical (unpaired) electrons. The molecular weight excluding hydrogens is 259 g/mol. The summed E-state index contributed by atoms with van der Waals surface area (Å²) < 4.78 is 13.5. The second kappa shape index (κ2) is 4.82. The summed E-state index contributed by atoms with van der Waals surface area (Å²) in [5, 5.41) is 11.5. The molecule has 5 heteroatoms. The van der Waals surface area contributed by atoms with E-state index in [4.69, 9.17) is 16.9 Å². The van der Waals surface area contributed by atoms with Crippen LogP contribution >= 0.6 is 22.9 Å². The molecule has 0 aliphatic rings. The van der Waals surface area contributed by atoms with Gasteiger partial charge in [-0.15, -0.1) is 11.3 Å². The summed E-state index contributed by atoms with van der Waals surface area (Å²) in [5.41, 5.74) is 1.69. The molecule has 17 heavy (non-hydrogen) atoms. The van der Waals surface area contributed by atoms with Crippen molar-refractivity contribution in [1.82, 2.24) is 4.98 Å². The van der Waals surface area contributed by atoms with Crippen LogP contribution in [0.2, 0.25) is 5.02 Å². The smallest absolute Gasteiger partial charge is 0.126 e. The van der Waals surface area contributed by atoms with Crippen molar-refractivity contribution in [3.05, 3.63) is 38.9 Å². The minimum absolute atomic E-state index is 0.261. The molecule has 86 valence electrons. The summed E-state index contributed by atoms with van der Waals surface area (Å²) in [6.07, 6.45) is 0.261. The molecule has 0 atom stereocenters. The van der Waals surface area contributed by atoms with Gasteiger partial charge in [0, 0.05) is 10.9 Å². The molecule has 0 spiro atoms. The normalized spacial score (nSPS) is 10.2. The first kappa shape index (κ1) is 12.0. The molecule has 0 bridgehead atoms. The topological polar surface area (TPSA) is 36.7 Å². The van der Waals surface area contributed by atoms with Crippen molar-refractivity contribution in [3.8, 4) is 17.3 Å². The van der Waals surface area contributed by atoms with Crippen molar-refractivity contribution in [2.45, 2.75) is 13.3 Å². The maximum atomic E-state index is 13.5. The minimum atomic E-state index is -0.306. The van der Waals surface area contributed by atoms with Gasteiger partial charge in [0.2, 0.25) is 0 Å². The molecule has 0 aliphatic heterocycles. The highest BCUT2D eigenvalue weighted by atomic mass is 35.5. The van der Waals surface area contributed by atoms with Crippen LogP contribution in [-0.2, 0) is 6.42 Å². The van der Waals surface area contributed by atoms with E-state index in [2.05, 4.69) is 4.98 Å². The van der Waals surface area contributed by atoms with E-state index >= 15 is 0 Å². The SMILES string of the molecule is Cc1cc(Cl)c(-c2csc(CC#N)n2)cc1F. The number of hydrogen-bond donors (Lipinski definition) is 0. The van der Waals surface area contributed by atoms with Crippen molar-refractivity contribution >= 4 is 22.9 Å². The van der Waals surface area contributed by atoms with E-state index in [1.165, 1.54) is 17.4 Å². The van der Waals surface area contributed by atoms with E-state index in [1.807, 2.05) is 6.07 Å². The minimum Gasteiger partial charge on any atom is -0.240 e. The molecule has 2 rings (SSSR count). The van der Waals surface area contributed by atoms with Crippen LogP contribution < -0.4 is 0 Å². The molecule has 1 aromatic carbocycles. The van der Waals surface area contributed by atoms with Gasteiger partial charge in [0.15, 0.2) is 0 Å². The predicted octanol–water partition coefficient (Wildman–Crippen LogP) is 3.98. The Morgan fingerprint density at radius 3 is 3.00 bits per heavy atom. The van der Waals surface area contributed by atoms with Gasteiger partial charge >= 0.3 is 0 Å². The molecule has 0 unspecified atom stereocenters. The molecule has 0 saturated heterocycles. The van der Waals surface area contributed by atoms with E-state index in [1.54, 1.807) is 18.4 Å². The molecule has 0 aliphatic carbocycles. The molecule has 0 amide bonds. The fourth-order valence-electron chi connectivity index (χ4n) is 1.43. The van der Waals surface area contributed by atoms with Crippen LogP contribution in [0.25, 0.3) is 11.3 Å². The average molecular weight is 267 g/mol. The average Bonchev–Trinajstić information content (AvgIpc) is 2.72. The fraction of sp³-hybridized carbons (Fsp3) is 0.167. The van der Waals surface area contributed by atoms with Crippen LogP contribution in [0.5, 0.6) is 0 Å². The Morgan fingerprint density at radius 1 is 1.53 bits per heavy atom. The van der Waals surface area contributed by atoms with Crippen LogP contribution in [0.3, 0.4) is 0 Å². The highest BCUT2D eigenvalue weighted by Gasteiger charge is 2.11. The summed E-state index contributed by atoms with van der Waals surface area (Å²) in [5.74, 6) is -0.306. The third-order valence-electron chi connectivity index (χ3n) is 2.31. The van der Waals surface area contributed by atoms with Crippen molar-refractivity contribution in [2.24, 2.45) is 0 Å². The van der Waals surface area contributed by atoms with Crippen LogP contribution in [0.15, 0.2) is 17.5 Å². The summed E-state index contributed by atoms with van der Waals surface area (Å²) in [6, 6.07) is 4.98. The number of benzene rings is 1. The first-order valence-electron chi connectivity index (χ1n) is 4.89. The quantitative estimate of drug-likeness (QED) is 0.824. The number of thiazole rings is 1. The van der Waals surface area contributed by atoms with E-state index < -0.39 is 0 Å². The molecule has 1 aromatic heterocycles. The number of aryl methyl sites for hydroxylation is 1. The zero-order valence-electron chi connectivity index (χ0n) is 9.00. The first-order valence-corrected chi connectivity index (χ1v) is 6.15. The Kier molecular flexibility index (Phi) is 3.41. The summed E-state index contributed by atoms with van der Waals surface area (Å²) in [7, 11) is 0. The van der Waals surface area contributed by atoms with Crippen molar-refractivity contribution in [2.75, 3.05) is 0 Å². The Bertz CT molecular complexity index is 601. The number of aromatic nitrogens is 1. The van der Waals surface area contributed by atoms with Gasteiger partial charge < -0.3 is 0 Å². The van der Waals surface area contributed by atoms with Crippen molar-refractivity contribution < 1.29 is 4.39 Å². The van der Waals surface area contributed by atoms with Gasteiger partial charge in [0.25, 0.3) is 0 Å². The van der Waals surface area contributed by atoms with E-state index in [0.717, 1.165) is 0 Å². The van der Waals surface area contributed by atoms with Gasteiger partial charge in [-0.2, -0.15) is 5.26 Å². The van der Waals surface area contributed by atoms with Gasteiger partial charge in [-0.1, -0.05) is 11.6 Å². The van der Waals surface area contributed by atoms with Gasteiger partial charge in [-0.3, -0.25) is 0 Å². The number of halogens is 2. The van der Waals surface area contributed by atoms with Crippen LogP contribution in [0, 0.1) is 24.1 Å². The summed E-state index contributed by atoms with van der Waals surface area (Å²) >= 11 is 7.43. The molecule has 2 aromatic rings. The molecule has 0 saturated carbocycles. The number of nitrogens with zero attached hydrogens (tertiary/aromatic N) is 2. The Morgan fingerprint density at radius 2 is 2.29 bits per heavy atom. The third kappa shape index (κ3) is 2.46. The number of hydrogen-bond acceptors (Lipinski definition) is 3. The van der Waals surface area contributed by atoms with Crippen LogP contribution in [0.4, 0.5) is 4.39 Å². The monoisotopic (exact) mass is 266 g/mol. The Hall–Kier alpha value is -1.44. The fourth-order valence-corrected chi connectivity index (χ4v) is 2.47. The lowest BCUT2D eigenvalue weighted by Gasteiger charge is -2.03. The van der Waals surface area contributed by atoms with Gasteiger partial charge in [-0.05, 0) is 24.6 Å². The predicted molar refractivity (Wildman–Crippen MR) is 66.6 cm³/mol. The maximum absolute atomic E-state index is 13.5. The Balaban J connectivity index is 2.46. The number of rotatable bonds is 2. The van der Waals surface area contributed by atoms with Gasteiger partial charge in [0.1, 0.15) is 10.8 Å². The lowest BCUT2D eigenvalue weighted by molar-refractivity contribution is 0.619. The second-order valence-corrected chi connectivity index (χ2v) is 4.89. The van der Waals surface area contributed by atoms with E-state index in [9.17, 15) is 4.39 Å². The first-order chi connectivity index (χ1) is 8.11. The lowest BCUT2D eigenvalue weighted by Crippen LogP contribution is -1.87. The van der Waals surface area contributed by atoms with Crippen LogP contribution in [-0.4, -0.2) is 4.98 Å². The van der Waals surface area contributed by atoms with E-state index in [-0.39, 0.29) is 12.2 Å². The molecule has 2 nitrogen and oxygen atoms in total. The number of nitriles is 1. The molecular formula is C12H8ClFN2S. The third-order valence-corrected chi connectivity index (χ3v) is 3.47. The van der Waals surface area contributed by atoms with Crippen molar-refractivity contribution in [3.63, 3.8) is 0 Å².